The van der Waals surface area contributed by atoms with Crippen LogP contribution in [0.5, 0.6) is 0 Å². The first kappa shape index (κ1) is 12.9. The third-order valence-corrected chi connectivity index (χ3v) is 4.35. The first-order valence-electron chi connectivity index (χ1n) is 6.38. The van der Waals surface area contributed by atoms with E-state index >= 15 is 0 Å². The summed E-state index contributed by atoms with van der Waals surface area (Å²) in [5, 5.41) is 4.46. The summed E-state index contributed by atoms with van der Waals surface area (Å²) in [6, 6.07) is 1.91. The first-order valence-corrected chi connectivity index (χ1v) is 7.20. The van der Waals surface area contributed by atoms with Gasteiger partial charge < -0.3 is 5.32 Å². The fourth-order valence-electron chi connectivity index (χ4n) is 2.09. The molecule has 0 fully saturated rings. The normalized spacial score (nSPS) is 10.9. The maximum absolute atomic E-state index is 4.38. The molecule has 0 saturated carbocycles. The van der Waals surface area contributed by atoms with Gasteiger partial charge in [0.25, 0.3) is 0 Å². The van der Waals surface area contributed by atoms with Crippen LogP contribution in [-0.2, 0) is 6.54 Å². The summed E-state index contributed by atoms with van der Waals surface area (Å²) in [4.78, 5) is 19.5. The number of rotatable bonds is 3. The van der Waals surface area contributed by atoms with E-state index in [1.165, 1.54) is 10.4 Å². The average molecular weight is 285 g/mol. The standard InChI is InChI=1S/C14H15N5S/c1-8-9(2)20-14-12(8)13(17-7-18-14)16-6-11-4-5-15-10(3)19-11/h4-5,7H,6H2,1-3H3,(H,16,17,18). The Morgan fingerprint density at radius 1 is 1.15 bits per heavy atom. The molecule has 3 rings (SSSR count). The Bertz CT molecular complexity index is 765. The van der Waals surface area contributed by atoms with Crippen molar-refractivity contribution in [1.29, 1.82) is 0 Å². The summed E-state index contributed by atoms with van der Waals surface area (Å²) in [6.07, 6.45) is 3.38. The van der Waals surface area contributed by atoms with E-state index in [9.17, 15) is 0 Å². The zero-order chi connectivity index (χ0) is 14.1. The van der Waals surface area contributed by atoms with Crippen molar-refractivity contribution >= 4 is 27.4 Å². The smallest absolute Gasteiger partial charge is 0.138 e. The summed E-state index contributed by atoms with van der Waals surface area (Å²) in [5.74, 6) is 1.65. The molecule has 0 aromatic carbocycles. The van der Waals surface area contributed by atoms with Gasteiger partial charge in [0.15, 0.2) is 0 Å². The van der Waals surface area contributed by atoms with Crippen LogP contribution < -0.4 is 5.32 Å². The molecular formula is C14H15N5S. The zero-order valence-electron chi connectivity index (χ0n) is 11.6. The lowest BCUT2D eigenvalue weighted by atomic mass is 10.2. The van der Waals surface area contributed by atoms with Crippen LogP contribution in [0, 0.1) is 20.8 Å². The molecule has 3 aromatic rings. The minimum atomic E-state index is 0.629. The number of anilines is 1. The summed E-state index contributed by atoms with van der Waals surface area (Å²) < 4.78 is 0. The quantitative estimate of drug-likeness (QED) is 0.801. The predicted octanol–water partition coefficient (Wildman–Crippen LogP) is 3.02. The second-order valence-electron chi connectivity index (χ2n) is 4.63. The molecule has 0 saturated heterocycles. The van der Waals surface area contributed by atoms with E-state index in [1.807, 2.05) is 13.0 Å². The maximum Gasteiger partial charge on any atom is 0.138 e. The van der Waals surface area contributed by atoms with Gasteiger partial charge in [0, 0.05) is 11.1 Å². The molecule has 3 heterocycles. The van der Waals surface area contributed by atoms with Gasteiger partial charge in [-0.05, 0) is 32.4 Å². The van der Waals surface area contributed by atoms with Crippen LogP contribution in [0.15, 0.2) is 18.6 Å². The summed E-state index contributed by atoms with van der Waals surface area (Å²) in [7, 11) is 0. The minimum absolute atomic E-state index is 0.629. The fraction of sp³-hybridized carbons (Fsp3) is 0.286. The summed E-state index contributed by atoms with van der Waals surface area (Å²) >= 11 is 1.70. The van der Waals surface area contributed by atoms with E-state index in [0.29, 0.717) is 6.54 Å². The number of hydrogen-bond donors (Lipinski definition) is 1. The molecule has 102 valence electrons. The minimum Gasteiger partial charge on any atom is -0.364 e. The van der Waals surface area contributed by atoms with Gasteiger partial charge in [-0.2, -0.15) is 0 Å². The van der Waals surface area contributed by atoms with E-state index in [1.54, 1.807) is 23.9 Å². The molecule has 20 heavy (non-hydrogen) atoms. The third kappa shape index (κ3) is 2.34. The highest BCUT2D eigenvalue weighted by Gasteiger charge is 2.11. The molecular weight excluding hydrogens is 270 g/mol. The molecule has 0 unspecified atom stereocenters. The van der Waals surface area contributed by atoms with Crippen molar-refractivity contribution in [3.8, 4) is 0 Å². The monoisotopic (exact) mass is 285 g/mol. The molecule has 6 heteroatoms. The molecule has 0 bridgehead atoms. The summed E-state index contributed by atoms with van der Waals surface area (Å²) in [6.45, 7) is 6.74. The molecule has 1 N–H and O–H groups in total. The number of hydrogen-bond acceptors (Lipinski definition) is 6. The van der Waals surface area contributed by atoms with Gasteiger partial charge in [-0.3, -0.25) is 0 Å². The number of nitrogens with one attached hydrogen (secondary N) is 1. The van der Waals surface area contributed by atoms with Crippen LogP contribution in [-0.4, -0.2) is 19.9 Å². The van der Waals surface area contributed by atoms with Gasteiger partial charge in [0.05, 0.1) is 17.6 Å². The van der Waals surface area contributed by atoms with Gasteiger partial charge >= 0.3 is 0 Å². The molecule has 3 aromatic heterocycles. The van der Waals surface area contributed by atoms with Crippen molar-refractivity contribution in [2.45, 2.75) is 27.3 Å². The molecule has 0 amide bonds. The lowest BCUT2D eigenvalue weighted by Crippen LogP contribution is -2.05. The number of aryl methyl sites for hydroxylation is 3. The van der Waals surface area contributed by atoms with Crippen LogP contribution in [0.3, 0.4) is 0 Å². The Morgan fingerprint density at radius 2 is 2.00 bits per heavy atom. The van der Waals surface area contributed by atoms with Crippen molar-refractivity contribution in [2.24, 2.45) is 0 Å². The largest absolute Gasteiger partial charge is 0.364 e. The molecule has 0 spiro atoms. The van der Waals surface area contributed by atoms with Gasteiger partial charge in [-0.1, -0.05) is 0 Å². The Hall–Kier alpha value is -2.08. The number of nitrogens with zero attached hydrogens (tertiary/aromatic N) is 4. The Kier molecular flexibility index (Phi) is 3.31. The van der Waals surface area contributed by atoms with E-state index in [0.717, 1.165) is 27.6 Å². The van der Waals surface area contributed by atoms with E-state index in [2.05, 4.69) is 39.1 Å². The van der Waals surface area contributed by atoms with Crippen LogP contribution in [0.4, 0.5) is 5.82 Å². The molecule has 0 aliphatic carbocycles. The number of fused-ring (bicyclic) bond motifs is 1. The SMILES string of the molecule is Cc1nccc(CNc2ncnc3sc(C)c(C)c23)n1. The molecule has 5 nitrogen and oxygen atoms in total. The zero-order valence-corrected chi connectivity index (χ0v) is 12.5. The molecule has 0 atom stereocenters. The Morgan fingerprint density at radius 3 is 2.80 bits per heavy atom. The van der Waals surface area contributed by atoms with E-state index in [-0.39, 0.29) is 0 Å². The van der Waals surface area contributed by atoms with Crippen molar-refractivity contribution in [3.05, 3.63) is 40.5 Å². The lowest BCUT2D eigenvalue weighted by molar-refractivity contribution is 0.950. The van der Waals surface area contributed by atoms with Crippen LogP contribution in [0.25, 0.3) is 10.2 Å². The highest BCUT2D eigenvalue weighted by Crippen LogP contribution is 2.32. The predicted molar refractivity (Wildman–Crippen MR) is 81.0 cm³/mol. The number of thiophene rings is 1. The lowest BCUT2D eigenvalue weighted by Gasteiger charge is -2.07. The van der Waals surface area contributed by atoms with Gasteiger partial charge in [0.2, 0.25) is 0 Å². The van der Waals surface area contributed by atoms with Gasteiger partial charge in [-0.15, -0.1) is 11.3 Å². The number of aromatic nitrogens is 4. The highest BCUT2D eigenvalue weighted by atomic mass is 32.1. The summed E-state index contributed by atoms with van der Waals surface area (Å²) in [5.41, 5.74) is 2.20. The second kappa shape index (κ2) is 5.13. The first-order chi connectivity index (χ1) is 9.65. The molecule has 0 radical (unpaired) electrons. The van der Waals surface area contributed by atoms with E-state index < -0.39 is 0 Å². The fourth-order valence-corrected chi connectivity index (χ4v) is 3.09. The topological polar surface area (TPSA) is 63.6 Å². The molecule has 0 aliphatic rings. The van der Waals surface area contributed by atoms with E-state index in [4.69, 9.17) is 0 Å². The van der Waals surface area contributed by atoms with Crippen LogP contribution >= 0.6 is 11.3 Å². The average Bonchev–Trinajstić information content (AvgIpc) is 2.73. The molecule has 0 aliphatic heterocycles. The van der Waals surface area contributed by atoms with Gasteiger partial charge in [-0.25, -0.2) is 19.9 Å². The Balaban J connectivity index is 1.91. The van der Waals surface area contributed by atoms with Crippen LogP contribution in [0.1, 0.15) is 22.0 Å². The van der Waals surface area contributed by atoms with Crippen molar-refractivity contribution in [2.75, 3.05) is 5.32 Å². The van der Waals surface area contributed by atoms with Crippen LogP contribution in [0.2, 0.25) is 0 Å². The highest BCUT2D eigenvalue weighted by molar-refractivity contribution is 7.18. The Labute approximate surface area is 121 Å². The van der Waals surface area contributed by atoms with Crippen molar-refractivity contribution < 1.29 is 0 Å². The van der Waals surface area contributed by atoms with Gasteiger partial charge in [0.1, 0.15) is 22.8 Å². The second-order valence-corrected chi connectivity index (χ2v) is 5.84. The van der Waals surface area contributed by atoms with Crippen molar-refractivity contribution in [3.63, 3.8) is 0 Å². The maximum atomic E-state index is 4.38. The van der Waals surface area contributed by atoms with Crippen molar-refractivity contribution in [1.82, 2.24) is 19.9 Å². The third-order valence-electron chi connectivity index (χ3n) is 3.24.